The molecule has 0 amide bonds. The lowest BCUT2D eigenvalue weighted by Crippen LogP contribution is -2.39. The number of aryl methyl sites for hydroxylation is 2. The van der Waals surface area contributed by atoms with Crippen LogP contribution in [0.4, 0.5) is 5.69 Å². The predicted octanol–water partition coefficient (Wildman–Crippen LogP) is 3.37. The maximum atomic E-state index is 11.6. The lowest BCUT2D eigenvalue weighted by atomic mass is 10.1. The summed E-state index contributed by atoms with van der Waals surface area (Å²) in [6.07, 6.45) is 0. The van der Waals surface area contributed by atoms with Gasteiger partial charge in [-0.15, -0.1) is 0 Å². The van der Waals surface area contributed by atoms with Crippen molar-refractivity contribution in [3.63, 3.8) is 0 Å². The van der Waals surface area contributed by atoms with Crippen LogP contribution in [-0.4, -0.2) is 23.8 Å². The SMILES string of the molecule is COC(=O)C(C)(C)Oc1cc(C)c(N=C=S)cc1C. The minimum Gasteiger partial charge on any atom is -0.476 e. The monoisotopic (exact) mass is 279 g/mol. The summed E-state index contributed by atoms with van der Waals surface area (Å²) in [5.74, 6) is 0.196. The molecule has 0 atom stereocenters. The van der Waals surface area contributed by atoms with E-state index in [4.69, 9.17) is 9.47 Å². The molecule has 5 heteroatoms. The molecule has 0 heterocycles. The van der Waals surface area contributed by atoms with Gasteiger partial charge in [-0.25, -0.2) is 4.79 Å². The van der Waals surface area contributed by atoms with Gasteiger partial charge >= 0.3 is 5.97 Å². The lowest BCUT2D eigenvalue weighted by molar-refractivity contribution is -0.156. The Bertz CT molecular complexity index is 546. The first-order valence-corrected chi connectivity index (χ1v) is 6.19. The van der Waals surface area contributed by atoms with Crippen molar-refractivity contribution in [1.82, 2.24) is 0 Å². The zero-order valence-electron chi connectivity index (χ0n) is 11.7. The molecule has 0 fully saturated rings. The van der Waals surface area contributed by atoms with Gasteiger partial charge in [0.2, 0.25) is 0 Å². The summed E-state index contributed by atoms with van der Waals surface area (Å²) in [6, 6.07) is 3.67. The third kappa shape index (κ3) is 3.63. The van der Waals surface area contributed by atoms with Gasteiger partial charge in [0.05, 0.1) is 18.0 Å². The summed E-state index contributed by atoms with van der Waals surface area (Å²) >= 11 is 4.60. The lowest BCUT2D eigenvalue weighted by Gasteiger charge is -2.24. The third-order valence-electron chi connectivity index (χ3n) is 2.70. The van der Waals surface area contributed by atoms with Gasteiger partial charge < -0.3 is 9.47 Å². The fraction of sp³-hybridized carbons (Fsp3) is 0.429. The van der Waals surface area contributed by atoms with Crippen molar-refractivity contribution in [2.75, 3.05) is 7.11 Å². The molecule has 0 spiro atoms. The zero-order chi connectivity index (χ0) is 14.6. The molecule has 0 aliphatic heterocycles. The number of ether oxygens (including phenoxy) is 2. The number of methoxy groups -OCH3 is 1. The van der Waals surface area contributed by atoms with Crippen molar-refractivity contribution in [2.24, 2.45) is 4.99 Å². The molecule has 0 saturated carbocycles. The first-order valence-electron chi connectivity index (χ1n) is 5.78. The number of aliphatic imine (C=N–C) groups is 1. The highest BCUT2D eigenvalue weighted by Gasteiger charge is 2.31. The zero-order valence-corrected chi connectivity index (χ0v) is 12.6. The minimum atomic E-state index is -1.04. The van der Waals surface area contributed by atoms with E-state index >= 15 is 0 Å². The van der Waals surface area contributed by atoms with E-state index < -0.39 is 11.6 Å². The third-order valence-corrected chi connectivity index (χ3v) is 2.79. The number of benzene rings is 1. The molecule has 0 bridgehead atoms. The summed E-state index contributed by atoms with van der Waals surface area (Å²) in [6.45, 7) is 7.10. The maximum Gasteiger partial charge on any atom is 0.349 e. The number of isothiocyanates is 1. The summed E-state index contributed by atoms with van der Waals surface area (Å²) in [4.78, 5) is 15.6. The number of rotatable bonds is 4. The second-order valence-corrected chi connectivity index (χ2v) is 4.89. The number of carbonyl (C=O) groups is 1. The Hall–Kier alpha value is -1.71. The largest absolute Gasteiger partial charge is 0.476 e. The highest BCUT2D eigenvalue weighted by molar-refractivity contribution is 7.78. The molecule has 1 aromatic carbocycles. The molecule has 0 aliphatic carbocycles. The number of hydrogen-bond acceptors (Lipinski definition) is 5. The van der Waals surface area contributed by atoms with Gasteiger partial charge in [-0.1, -0.05) is 0 Å². The Morgan fingerprint density at radius 1 is 1.32 bits per heavy atom. The van der Waals surface area contributed by atoms with Gasteiger partial charge in [-0.2, -0.15) is 4.99 Å². The van der Waals surface area contributed by atoms with Crippen molar-refractivity contribution in [2.45, 2.75) is 33.3 Å². The molecular weight excluding hydrogens is 262 g/mol. The van der Waals surface area contributed by atoms with E-state index in [0.717, 1.165) is 16.8 Å². The number of nitrogens with zero attached hydrogens (tertiary/aromatic N) is 1. The average Bonchev–Trinajstić information content (AvgIpc) is 2.34. The van der Waals surface area contributed by atoms with Gasteiger partial charge in [0.15, 0.2) is 5.60 Å². The summed E-state index contributed by atoms with van der Waals surface area (Å²) in [7, 11) is 1.34. The Kier molecular flexibility index (Phi) is 4.81. The normalized spacial score (nSPS) is 10.6. The second kappa shape index (κ2) is 5.95. The van der Waals surface area contributed by atoms with Crippen LogP contribution < -0.4 is 4.74 Å². The summed E-state index contributed by atoms with van der Waals surface area (Å²) in [5.41, 5.74) is 1.47. The van der Waals surface area contributed by atoms with Gasteiger partial charge in [-0.05, 0) is 63.2 Å². The molecule has 1 rings (SSSR count). The van der Waals surface area contributed by atoms with Crippen LogP contribution in [0.2, 0.25) is 0 Å². The topological polar surface area (TPSA) is 47.9 Å². The molecule has 102 valence electrons. The molecule has 0 N–H and O–H groups in total. The molecule has 4 nitrogen and oxygen atoms in total. The minimum absolute atomic E-state index is 0.425. The molecular formula is C14H17NO3S. The van der Waals surface area contributed by atoms with E-state index in [0.29, 0.717) is 5.75 Å². The van der Waals surface area contributed by atoms with Crippen molar-refractivity contribution in [3.8, 4) is 5.75 Å². The number of hydrogen-bond donors (Lipinski definition) is 0. The number of thiocarbonyl (C=S) groups is 1. The highest BCUT2D eigenvalue weighted by atomic mass is 32.1. The Labute approximate surface area is 118 Å². The Balaban J connectivity index is 3.13. The number of carbonyl (C=O) groups excluding carboxylic acids is 1. The van der Waals surface area contributed by atoms with Crippen LogP contribution in [0, 0.1) is 13.8 Å². The van der Waals surface area contributed by atoms with Crippen molar-refractivity contribution in [3.05, 3.63) is 23.3 Å². The standard InChI is InChI=1S/C14H17NO3S/c1-9-7-12(10(2)6-11(9)15-8-19)18-14(3,4)13(16)17-5/h6-7H,1-5H3. The van der Waals surface area contributed by atoms with Gasteiger partial charge in [-0.3, -0.25) is 0 Å². The molecule has 1 aromatic rings. The van der Waals surface area contributed by atoms with Crippen LogP contribution >= 0.6 is 12.2 Å². The van der Waals surface area contributed by atoms with Crippen LogP contribution in [0.5, 0.6) is 5.75 Å². The maximum absolute atomic E-state index is 11.6. The van der Waals surface area contributed by atoms with Crippen molar-refractivity contribution < 1.29 is 14.3 Å². The van der Waals surface area contributed by atoms with E-state index in [-0.39, 0.29) is 0 Å². The van der Waals surface area contributed by atoms with E-state index in [1.54, 1.807) is 13.8 Å². The molecule has 0 saturated heterocycles. The van der Waals surface area contributed by atoms with Crippen LogP contribution in [0.15, 0.2) is 17.1 Å². The fourth-order valence-corrected chi connectivity index (χ4v) is 1.71. The Morgan fingerprint density at radius 2 is 1.95 bits per heavy atom. The predicted molar refractivity (Wildman–Crippen MR) is 77.3 cm³/mol. The molecule has 0 aromatic heterocycles. The van der Waals surface area contributed by atoms with Gasteiger partial charge in [0.25, 0.3) is 0 Å². The molecule has 0 aliphatic rings. The molecule has 0 unspecified atom stereocenters. The molecule has 19 heavy (non-hydrogen) atoms. The average molecular weight is 279 g/mol. The number of esters is 1. The highest BCUT2D eigenvalue weighted by Crippen LogP contribution is 2.30. The molecule has 0 radical (unpaired) electrons. The first-order chi connectivity index (χ1) is 8.81. The quantitative estimate of drug-likeness (QED) is 0.481. The van der Waals surface area contributed by atoms with E-state index in [1.165, 1.54) is 7.11 Å². The van der Waals surface area contributed by atoms with Crippen LogP contribution in [0.1, 0.15) is 25.0 Å². The fourth-order valence-electron chi connectivity index (χ4n) is 1.62. The van der Waals surface area contributed by atoms with E-state index in [1.807, 2.05) is 26.0 Å². The Morgan fingerprint density at radius 3 is 2.47 bits per heavy atom. The van der Waals surface area contributed by atoms with Gasteiger partial charge in [0.1, 0.15) is 5.75 Å². The van der Waals surface area contributed by atoms with Gasteiger partial charge in [0, 0.05) is 0 Å². The van der Waals surface area contributed by atoms with Crippen molar-refractivity contribution >= 4 is 29.0 Å². The smallest absolute Gasteiger partial charge is 0.349 e. The summed E-state index contributed by atoms with van der Waals surface area (Å²) in [5, 5.41) is 2.34. The van der Waals surface area contributed by atoms with Crippen molar-refractivity contribution in [1.29, 1.82) is 0 Å². The van der Waals surface area contributed by atoms with Crippen LogP contribution in [-0.2, 0) is 9.53 Å². The van der Waals surface area contributed by atoms with E-state index in [2.05, 4.69) is 22.4 Å². The first kappa shape index (κ1) is 15.3. The summed E-state index contributed by atoms with van der Waals surface area (Å²) < 4.78 is 10.4. The van der Waals surface area contributed by atoms with Crippen LogP contribution in [0.25, 0.3) is 0 Å². The second-order valence-electron chi connectivity index (χ2n) is 4.71. The van der Waals surface area contributed by atoms with Crippen LogP contribution in [0.3, 0.4) is 0 Å². The van der Waals surface area contributed by atoms with E-state index in [9.17, 15) is 4.79 Å².